The van der Waals surface area contributed by atoms with E-state index in [0.29, 0.717) is 6.42 Å². The van der Waals surface area contributed by atoms with E-state index in [1.807, 2.05) is 54.6 Å². The Bertz CT molecular complexity index is 848. The van der Waals surface area contributed by atoms with Gasteiger partial charge in [-0.1, -0.05) is 55.5 Å². The van der Waals surface area contributed by atoms with Crippen molar-refractivity contribution in [2.75, 3.05) is 0 Å². The van der Waals surface area contributed by atoms with E-state index in [1.54, 1.807) is 13.0 Å². The fourth-order valence-electron chi connectivity index (χ4n) is 2.64. The normalized spacial score (nSPS) is 11.8. The fourth-order valence-corrected chi connectivity index (χ4v) is 2.64. The molecule has 0 saturated carbocycles. The molecule has 0 fully saturated rings. The van der Waals surface area contributed by atoms with E-state index in [9.17, 15) is 10.1 Å². The van der Waals surface area contributed by atoms with Crippen LogP contribution in [0.5, 0.6) is 0 Å². The van der Waals surface area contributed by atoms with E-state index in [-0.39, 0.29) is 10.6 Å². The van der Waals surface area contributed by atoms with Crippen molar-refractivity contribution in [2.24, 2.45) is 0 Å². The van der Waals surface area contributed by atoms with Crippen molar-refractivity contribution in [1.29, 1.82) is 0 Å². The van der Waals surface area contributed by atoms with Crippen LogP contribution in [-0.2, 0) is 0 Å². The van der Waals surface area contributed by atoms with Gasteiger partial charge in [-0.05, 0) is 11.6 Å². The van der Waals surface area contributed by atoms with Gasteiger partial charge < -0.3 is 4.98 Å². The highest BCUT2D eigenvalue weighted by Crippen LogP contribution is 2.33. The molecular formula is C18H16N2O2. The van der Waals surface area contributed by atoms with Crippen LogP contribution in [0.25, 0.3) is 28.1 Å². The molecule has 0 aliphatic rings. The highest BCUT2D eigenvalue weighted by molar-refractivity contribution is 6.00. The molecule has 22 heavy (non-hydrogen) atoms. The van der Waals surface area contributed by atoms with Crippen LogP contribution in [0.3, 0.4) is 0 Å². The molecule has 0 bridgehead atoms. The minimum absolute atomic E-state index is 0.198. The molecule has 110 valence electrons. The number of allylic oxidation sites excluding steroid dienone is 1. The maximum Gasteiger partial charge on any atom is 0.248 e. The zero-order chi connectivity index (χ0) is 15.5. The van der Waals surface area contributed by atoms with Crippen molar-refractivity contribution in [2.45, 2.75) is 13.3 Å². The van der Waals surface area contributed by atoms with E-state index in [4.69, 9.17) is 0 Å². The number of rotatable bonds is 4. The molecule has 4 heteroatoms. The third-order valence-electron chi connectivity index (χ3n) is 3.71. The van der Waals surface area contributed by atoms with Crippen LogP contribution in [0, 0.1) is 10.1 Å². The molecular weight excluding hydrogens is 276 g/mol. The second-order valence-corrected chi connectivity index (χ2v) is 5.07. The lowest BCUT2D eigenvalue weighted by atomic mass is 10.0. The Hall–Kier alpha value is -2.88. The summed E-state index contributed by atoms with van der Waals surface area (Å²) in [5.74, 6) is 0. The van der Waals surface area contributed by atoms with Crippen molar-refractivity contribution in [1.82, 2.24) is 4.98 Å². The number of nitrogens with one attached hydrogen (secondary N) is 1. The number of hydrogen-bond donors (Lipinski definition) is 1. The lowest BCUT2D eigenvalue weighted by Crippen LogP contribution is -1.97. The third kappa shape index (κ3) is 2.51. The standard InChI is InChI=1S/C18H16N2O2/c1-2-14(20(21)22)12-17-18(13-8-4-3-5-9-13)15-10-6-7-11-16(15)19-17/h3-12,19H,2H2,1H3/b14-12-. The molecule has 0 spiro atoms. The Morgan fingerprint density at radius 2 is 1.82 bits per heavy atom. The Labute approximate surface area is 128 Å². The maximum atomic E-state index is 11.1. The first-order valence-corrected chi connectivity index (χ1v) is 7.21. The smallest absolute Gasteiger partial charge is 0.248 e. The Kier molecular flexibility index (Phi) is 3.74. The van der Waals surface area contributed by atoms with Gasteiger partial charge in [-0.15, -0.1) is 0 Å². The molecule has 0 saturated heterocycles. The summed E-state index contributed by atoms with van der Waals surface area (Å²) in [6.45, 7) is 1.79. The van der Waals surface area contributed by atoms with Gasteiger partial charge in [-0.25, -0.2) is 0 Å². The van der Waals surface area contributed by atoms with Crippen LogP contribution in [0.15, 0.2) is 60.3 Å². The maximum absolute atomic E-state index is 11.1. The summed E-state index contributed by atoms with van der Waals surface area (Å²) in [5, 5.41) is 12.2. The van der Waals surface area contributed by atoms with Crippen LogP contribution in [0.4, 0.5) is 0 Å². The first-order chi connectivity index (χ1) is 10.7. The number of nitrogens with zero attached hydrogens (tertiary/aromatic N) is 1. The van der Waals surface area contributed by atoms with Gasteiger partial charge in [-0.2, -0.15) is 0 Å². The lowest BCUT2D eigenvalue weighted by Gasteiger charge is -2.02. The minimum Gasteiger partial charge on any atom is -0.354 e. The molecule has 0 aliphatic carbocycles. The summed E-state index contributed by atoms with van der Waals surface area (Å²) < 4.78 is 0. The van der Waals surface area contributed by atoms with Crippen molar-refractivity contribution < 1.29 is 4.92 Å². The zero-order valence-corrected chi connectivity index (χ0v) is 12.2. The molecule has 1 aromatic heterocycles. The molecule has 0 atom stereocenters. The van der Waals surface area contributed by atoms with E-state index >= 15 is 0 Å². The topological polar surface area (TPSA) is 58.9 Å². The summed E-state index contributed by atoms with van der Waals surface area (Å²) in [7, 11) is 0. The van der Waals surface area contributed by atoms with Crippen LogP contribution < -0.4 is 0 Å². The van der Waals surface area contributed by atoms with E-state index < -0.39 is 0 Å². The average Bonchev–Trinajstić information content (AvgIpc) is 2.91. The number of para-hydroxylation sites is 1. The van der Waals surface area contributed by atoms with Gasteiger partial charge in [0.15, 0.2) is 0 Å². The number of benzene rings is 2. The summed E-state index contributed by atoms with van der Waals surface area (Å²) in [4.78, 5) is 14.1. The van der Waals surface area contributed by atoms with Crippen molar-refractivity contribution in [3.05, 3.63) is 76.1 Å². The zero-order valence-electron chi connectivity index (χ0n) is 12.2. The molecule has 1 N–H and O–H groups in total. The quantitative estimate of drug-likeness (QED) is 0.551. The molecule has 0 amide bonds. The van der Waals surface area contributed by atoms with Crippen molar-refractivity contribution in [3.8, 4) is 11.1 Å². The third-order valence-corrected chi connectivity index (χ3v) is 3.71. The highest BCUT2D eigenvalue weighted by atomic mass is 16.6. The molecule has 1 heterocycles. The number of nitro groups is 1. The van der Waals surface area contributed by atoms with Gasteiger partial charge in [0.1, 0.15) is 0 Å². The summed E-state index contributed by atoms with van der Waals surface area (Å²) in [6.07, 6.45) is 2.03. The monoisotopic (exact) mass is 292 g/mol. The van der Waals surface area contributed by atoms with E-state index in [2.05, 4.69) is 4.98 Å². The number of aromatic nitrogens is 1. The first-order valence-electron chi connectivity index (χ1n) is 7.21. The van der Waals surface area contributed by atoms with Crippen LogP contribution in [0.1, 0.15) is 19.0 Å². The van der Waals surface area contributed by atoms with Gasteiger partial charge in [0.05, 0.1) is 10.6 Å². The van der Waals surface area contributed by atoms with Crippen LogP contribution in [-0.4, -0.2) is 9.91 Å². The van der Waals surface area contributed by atoms with Gasteiger partial charge in [0.2, 0.25) is 5.70 Å². The van der Waals surface area contributed by atoms with E-state index in [1.165, 1.54) is 0 Å². The number of aromatic amines is 1. The number of fused-ring (bicyclic) bond motifs is 1. The Morgan fingerprint density at radius 1 is 1.14 bits per heavy atom. The molecule has 4 nitrogen and oxygen atoms in total. The van der Waals surface area contributed by atoms with Gasteiger partial charge >= 0.3 is 0 Å². The Balaban J connectivity index is 2.28. The summed E-state index contributed by atoms with van der Waals surface area (Å²) in [6, 6.07) is 17.9. The van der Waals surface area contributed by atoms with E-state index in [0.717, 1.165) is 27.7 Å². The predicted octanol–water partition coefficient (Wildman–Crippen LogP) is 4.86. The number of hydrogen-bond acceptors (Lipinski definition) is 2. The summed E-state index contributed by atoms with van der Waals surface area (Å²) >= 11 is 0. The van der Waals surface area contributed by atoms with Crippen molar-refractivity contribution in [3.63, 3.8) is 0 Å². The fraction of sp³-hybridized carbons (Fsp3) is 0.111. The van der Waals surface area contributed by atoms with Gasteiger partial charge in [0, 0.05) is 29.0 Å². The lowest BCUT2D eigenvalue weighted by molar-refractivity contribution is -0.425. The van der Waals surface area contributed by atoms with Crippen LogP contribution in [0.2, 0.25) is 0 Å². The highest BCUT2D eigenvalue weighted by Gasteiger charge is 2.15. The molecule has 0 unspecified atom stereocenters. The molecule has 0 radical (unpaired) electrons. The number of H-pyrrole nitrogens is 1. The largest absolute Gasteiger partial charge is 0.354 e. The van der Waals surface area contributed by atoms with Gasteiger partial charge in [-0.3, -0.25) is 10.1 Å². The second-order valence-electron chi connectivity index (χ2n) is 5.07. The summed E-state index contributed by atoms with van der Waals surface area (Å²) in [5.41, 5.74) is 4.00. The average molecular weight is 292 g/mol. The Morgan fingerprint density at radius 3 is 2.50 bits per heavy atom. The van der Waals surface area contributed by atoms with Crippen LogP contribution >= 0.6 is 0 Å². The molecule has 3 aromatic rings. The molecule has 0 aliphatic heterocycles. The van der Waals surface area contributed by atoms with Crippen molar-refractivity contribution >= 4 is 17.0 Å². The SMILES string of the molecule is CC/C(=C/c1[nH]c2ccccc2c1-c1ccccc1)[N+](=O)[O-]. The first kappa shape index (κ1) is 14.1. The minimum atomic E-state index is -0.319. The van der Waals surface area contributed by atoms with Gasteiger partial charge in [0.25, 0.3) is 0 Å². The molecule has 2 aromatic carbocycles. The molecule has 3 rings (SSSR count). The second kappa shape index (κ2) is 5.85. The predicted molar refractivity (Wildman–Crippen MR) is 89.0 cm³/mol.